The van der Waals surface area contributed by atoms with Crippen LogP contribution in [0.4, 0.5) is 5.82 Å². The van der Waals surface area contributed by atoms with Crippen LogP contribution < -0.4 is 15.8 Å². The molecule has 1 aliphatic rings. The van der Waals surface area contributed by atoms with Gasteiger partial charge in [-0.3, -0.25) is 4.79 Å². The lowest BCUT2D eigenvalue weighted by Crippen LogP contribution is -2.39. The van der Waals surface area contributed by atoms with Crippen molar-refractivity contribution in [3.63, 3.8) is 0 Å². The molecule has 5 heteroatoms. The summed E-state index contributed by atoms with van der Waals surface area (Å²) < 4.78 is 1.76. The topological polar surface area (TPSA) is 50.2 Å². The standard InChI is InChI=1S/C13H22N4O/c1-10(2)9-17-7-6-15-12(13(17)18)16(3)11-4-5-14-8-11/h6-7,10-11,14H,4-5,8-9H2,1-3H3. The van der Waals surface area contributed by atoms with Gasteiger partial charge in [-0.25, -0.2) is 4.98 Å². The van der Waals surface area contributed by atoms with Gasteiger partial charge in [0.1, 0.15) is 0 Å². The molecule has 1 saturated heterocycles. The van der Waals surface area contributed by atoms with Gasteiger partial charge in [0.05, 0.1) is 0 Å². The van der Waals surface area contributed by atoms with Crippen molar-refractivity contribution in [2.45, 2.75) is 32.9 Å². The van der Waals surface area contributed by atoms with Crippen LogP contribution in [0.3, 0.4) is 0 Å². The highest BCUT2D eigenvalue weighted by Crippen LogP contribution is 2.11. The number of anilines is 1. The highest BCUT2D eigenvalue weighted by Gasteiger charge is 2.22. The molecule has 1 fully saturated rings. The minimum Gasteiger partial charge on any atom is -0.351 e. The largest absolute Gasteiger partial charge is 0.351 e. The van der Waals surface area contributed by atoms with Gasteiger partial charge in [0.15, 0.2) is 5.82 Å². The summed E-state index contributed by atoms with van der Waals surface area (Å²) in [5, 5.41) is 3.31. The smallest absolute Gasteiger partial charge is 0.293 e. The van der Waals surface area contributed by atoms with Crippen molar-refractivity contribution < 1.29 is 0 Å². The Morgan fingerprint density at radius 3 is 3.00 bits per heavy atom. The van der Waals surface area contributed by atoms with E-state index in [2.05, 4.69) is 24.1 Å². The van der Waals surface area contributed by atoms with Crippen molar-refractivity contribution in [2.24, 2.45) is 5.92 Å². The lowest BCUT2D eigenvalue weighted by Gasteiger charge is -2.24. The van der Waals surface area contributed by atoms with Gasteiger partial charge in [-0.15, -0.1) is 0 Å². The Kier molecular flexibility index (Phi) is 4.01. The summed E-state index contributed by atoms with van der Waals surface area (Å²) in [6.07, 6.45) is 4.56. The number of rotatable bonds is 4. The maximum Gasteiger partial charge on any atom is 0.293 e. The maximum absolute atomic E-state index is 12.3. The summed E-state index contributed by atoms with van der Waals surface area (Å²) in [4.78, 5) is 18.6. The third-order valence-corrected chi connectivity index (χ3v) is 3.37. The quantitative estimate of drug-likeness (QED) is 0.854. The lowest BCUT2D eigenvalue weighted by molar-refractivity contribution is 0.507. The zero-order valence-electron chi connectivity index (χ0n) is 11.4. The number of nitrogens with zero attached hydrogens (tertiary/aromatic N) is 3. The SMILES string of the molecule is CC(C)Cn1ccnc(N(C)C2CCNC2)c1=O. The molecular formula is C13H22N4O. The van der Waals surface area contributed by atoms with Gasteiger partial charge in [-0.2, -0.15) is 0 Å². The molecule has 18 heavy (non-hydrogen) atoms. The third-order valence-electron chi connectivity index (χ3n) is 3.37. The number of hydrogen-bond acceptors (Lipinski definition) is 4. The van der Waals surface area contributed by atoms with Crippen molar-refractivity contribution in [3.05, 3.63) is 22.7 Å². The molecule has 100 valence electrons. The predicted octanol–water partition coefficient (Wildman–Crippen LogP) is 0.697. The van der Waals surface area contributed by atoms with Crippen molar-refractivity contribution in [1.82, 2.24) is 14.9 Å². The summed E-state index contributed by atoms with van der Waals surface area (Å²) in [5.74, 6) is 1.02. The molecule has 0 aromatic carbocycles. The first kappa shape index (κ1) is 13.1. The van der Waals surface area contributed by atoms with E-state index in [-0.39, 0.29) is 5.56 Å². The van der Waals surface area contributed by atoms with Crippen molar-refractivity contribution in [1.29, 1.82) is 0 Å². The van der Waals surface area contributed by atoms with Gasteiger partial charge in [0, 0.05) is 38.6 Å². The van der Waals surface area contributed by atoms with Gasteiger partial charge in [-0.1, -0.05) is 13.8 Å². The molecule has 0 aliphatic carbocycles. The first-order chi connectivity index (χ1) is 8.59. The average Bonchev–Trinajstić information content (AvgIpc) is 2.84. The van der Waals surface area contributed by atoms with Crippen LogP contribution in [0.25, 0.3) is 0 Å². The first-order valence-electron chi connectivity index (χ1n) is 6.58. The fourth-order valence-corrected chi connectivity index (χ4v) is 2.36. The summed E-state index contributed by atoms with van der Waals surface area (Å²) in [6.45, 7) is 6.90. The monoisotopic (exact) mass is 250 g/mol. The minimum atomic E-state index is 0.0144. The van der Waals surface area contributed by atoms with Gasteiger partial charge in [-0.05, 0) is 18.9 Å². The second-order valence-corrected chi connectivity index (χ2v) is 5.36. The fourth-order valence-electron chi connectivity index (χ4n) is 2.36. The molecule has 1 aliphatic heterocycles. The molecule has 5 nitrogen and oxygen atoms in total. The van der Waals surface area contributed by atoms with Gasteiger partial charge >= 0.3 is 0 Å². The minimum absolute atomic E-state index is 0.0144. The van der Waals surface area contributed by atoms with Crippen LogP contribution in [0, 0.1) is 5.92 Å². The Morgan fingerprint density at radius 1 is 1.61 bits per heavy atom. The second kappa shape index (κ2) is 5.52. The average molecular weight is 250 g/mol. The van der Waals surface area contributed by atoms with Crippen LogP contribution >= 0.6 is 0 Å². The molecule has 2 rings (SSSR count). The Labute approximate surface area is 108 Å². The molecule has 0 spiro atoms. The molecule has 1 N–H and O–H groups in total. The predicted molar refractivity (Wildman–Crippen MR) is 73.0 cm³/mol. The van der Waals surface area contributed by atoms with E-state index < -0.39 is 0 Å². The summed E-state index contributed by atoms with van der Waals surface area (Å²) >= 11 is 0. The van der Waals surface area contributed by atoms with Crippen LogP contribution in [-0.2, 0) is 6.54 Å². The van der Waals surface area contributed by atoms with E-state index in [9.17, 15) is 4.79 Å². The third kappa shape index (κ3) is 2.72. The summed E-state index contributed by atoms with van der Waals surface area (Å²) in [6, 6.07) is 0.375. The van der Waals surface area contributed by atoms with Gasteiger partial charge < -0.3 is 14.8 Å². The van der Waals surface area contributed by atoms with Crippen LogP contribution in [0.2, 0.25) is 0 Å². The van der Waals surface area contributed by atoms with Crippen LogP contribution in [0.1, 0.15) is 20.3 Å². The number of hydrogen-bond donors (Lipinski definition) is 1. The summed E-state index contributed by atoms with van der Waals surface area (Å²) in [7, 11) is 1.96. The van der Waals surface area contributed by atoms with Crippen molar-refractivity contribution >= 4 is 5.82 Å². The lowest BCUT2D eigenvalue weighted by atomic mass is 10.2. The Balaban J connectivity index is 2.24. The molecule has 2 heterocycles. The van der Waals surface area contributed by atoms with Gasteiger partial charge in [0.25, 0.3) is 5.56 Å². The Bertz CT molecular complexity index is 449. The van der Waals surface area contributed by atoms with Crippen LogP contribution in [-0.4, -0.2) is 35.7 Å². The number of aromatic nitrogens is 2. The van der Waals surface area contributed by atoms with E-state index >= 15 is 0 Å². The number of likely N-dealkylation sites (N-methyl/N-ethyl adjacent to an activating group) is 1. The first-order valence-corrected chi connectivity index (χ1v) is 6.58. The van der Waals surface area contributed by atoms with E-state index in [1.807, 2.05) is 11.9 Å². The van der Waals surface area contributed by atoms with E-state index in [0.717, 1.165) is 26.1 Å². The van der Waals surface area contributed by atoms with E-state index in [1.54, 1.807) is 17.0 Å². The molecule has 1 aromatic rings. The molecule has 0 saturated carbocycles. The second-order valence-electron chi connectivity index (χ2n) is 5.36. The van der Waals surface area contributed by atoms with Gasteiger partial charge in [0.2, 0.25) is 0 Å². The van der Waals surface area contributed by atoms with E-state index in [1.165, 1.54) is 0 Å². The number of nitrogens with one attached hydrogen (secondary N) is 1. The molecule has 0 amide bonds. The van der Waals surface area contributed by atoms with Crippen molar-refractivity contribution in [3.8, 4) is 0 Å². The van der Waals surface area contributed by atoms with Crippen LogP contribution in [0.15, 0.2) is 17.2 Å². The van der Waals surface area contributed by atoms with E-state index in [0.29, 0.717) is 17.8 Å². The van der Waals surface area contributed by atoms with Crippen molar-refractivity contribution in [2.75, 3.05) is 25.0 Å². The molecule has 1 aromatic heterocycles. The molecule has 1 atom stereocenters. The summed E-state index contributed by atoms with van der Waals surface area (Å²) in [5.41, 5.74) is 0.0144. The normalized spacial score (nSPS) is 19.4. The van der Waals surface area contributed by atoms with E-state index in [4.69, 9.17) is 0 Å². The zero-order valence-corrected chi connectivity index (χ0v) is 11.4. The zero-order chi connectivity index (χ0) is 13.1. The fraction of sp³-hybridized carbons (Fsp3) is 0.692. The molecule has 0 bridgehead atoms. The Hall–Kier alpha value is -1.36. The Morgan fingerprint density at radius 2 is 2.39 bits per heavy atom. The highest BCUT2D eigenvalue weighted by atomic mass is 16.1. The van der Waals surface area contributed by atoms with Crippen LogP contribution in [0.5, 0.6) is 0 Å². The molecular weight excluding hydrogens is 228 g/mol. The molecule has 1 unspecified atom stereocenters. The maximum atomic E-state index is 12.3. The highest BCUT2D eigenvalue weighted by molar-refractivity contribution is 5.36. The molecule has 0 radical (unpaired) electrons.